The van der Waals surface area contributed by atoms with Gasteiger partial charge in [0.1, 0.15) is 24.0 Å². The second-order valence-electron chi connectivity index (χ2n) is 9.52. The molecule has 0 aliphatic heterocycles. The van der Waals surface area contributed by atoms with E-state index in [-0.39, 0.29) is 52.8 Å². The van der Waals surface area contributed by atoms with Gasteiger partial charge in [0.25, 0.3) is 0 Å². The van der Waals surface area contributed by atoms with Crippen molar-refractivity contribution in [3.63, 3.8) is 0 Å². The molecule has 0 saturated carbocycles. The monoisotopic (exact) mass is 603 g/mol. The van der Waals surface area contributed by atoms with E-state index >= 15 is 4.39 Å². The van der Waals surface area contributed by atoms with Gasteiger partial charge in [-0.3, -0.25) is 9.56 Å². The van der Waals surface area contributed by atoms with E-state index in [4.69, 9.17) is 32.5 Å². The molecular weight excluding hydrogens is 575 g/mol. The van der Waals surface area contributed by atoms with E-state index in [1.54, 1.807) is 30.5 Å². The van der Waals surface area contributed by atoms with Gasteiger partial charge in [0.15, 0.2) is 22.7 Å². The Bertz CT molecular complexity index is 1530. The summed E-state index contributed by atoms with van der Waals surface area (Å²) in [5.74, 6) is -0.943. The minimum Gasteiger partial charge on any atom is -0.494 e. The number of methoxy groups -OCH3 is 1. The van der Waals surface area contributed by atoms with E-state index in [9.17, 15) is 8.78 Å². The van der Waals surface area contributed by atoms with Crippen LogP contribution in [0.25, 0.3) is 5.69 Å². The van der Waals surface area contributed by atoms with Crippen LogP contribution in [0.3, 0.4) is 0 Å². The van der Waals surface area contributed by atoms with Gasteiger partial charge in [-0.2, -0.15) is 0 Å². The smallest absolute Gasteiger partial charge is 0.186 e. The first-order chi connectivity index (χ1) is 19.5. The van der Waals surface area contributed by atoms with Gasteiger partial charge >= 0.3 is 0 Å². The zero-order valence-corrected chi connectivity index (χ0v) is 24.2. The lowest BCUT2D eigenvalue weighted by atomic mass is 9.81. The highest BCUT2D eigenvalue weighted by molar-refractivity contribution is 7.98. The highest BCUT2D eigenvalue weighted by Gasteiger charge is 2.30. The molecule has 0 unspecified atom stereocenters. The molecule has 0 bridgehead atoms. The van der Waals surface area contributed by atoms with Gasteiger partial charge in [-0.15, -0.1) is 0 Å². The Labute approximate surface area is 245 Å². The van der Waals surface area contributed by atoms with Crippen LogP contribution >= 0.6 is 23.4 Å². The van der Waals surface area contributed by atoms with Crippen molar-refractivity contribution in [2.24, 2.45) is 16.5 Å². The van der Waals surface area contributed by atoms with Crippen molar-refractivity contribution in [1.82, 2.24) is 9.55 Å². The number of halogens is 4. The van der Waals surface area contributed by atoms with Crippen molar-refractivity contribution in [2.45, 2.75) is 30.2 Å². The quantitative estimate of drug-likeness (QED) is 0.0913. The predicted octanol–water partition coefficient (Wildman–Crippen LogP) is 6.22. The Hall–Kier alpha value is -3.83. The Morgan fingerprint density at radius 3 is 2.44 bits per heavy atom. The van der Waals surface area contributed by atoms with Crippen LogP contribution < -0.4 is 20.9 Å². The summed E-state index contributed by atoms with van der Waals surface area (Å²) in [5, 5.41) is 0.718. The van der Waals surface area contributed by atoms with E-state index in [2.05, 4.69) is 9.98 Å². The molecule has 0 saturated heterocycles. The second kappa shape index (κ2) is 12.8. The summed E-state index contributed by atoms with van der Waals surface area (Å²) in [6.45, 7) is 4.30. The molecule has 1 aromatic heterocycles. The van der Waals surface area contributed by atoms with Crippen molar-refractivity contribution >= 4 is 29.3 Å². The molecule has 0 aliphatic rings. The van der Waals surface area contributed by atoms with Crippen molar-refractivity contribution < 1.29 is 22.6 Å². The first-order valence-corrected chi connectivity index (χ1v) is 13.8. The predicted molar refractivity (Wildman–Crippen MR) is 156 cm³/mol. The first kappa shape index (κ1) is 30.1. The van der Waals surface area contributed by atoms with Crippen molar-refractivity contribution in [1.29, 1.82) is 0 Å². The lowest BCUT2D eigenvalue weighted by Gasteiger charge is -2.28. The van der Waals surface area contributed by atoms with Gasteiger partial charge in [0.05, 0.1) is 30.6 Å². The highest BCUT2D eigenvalue weighted by atomic mass is 35.5. The van der Waals surface area contributed by atoms with Crippen LogP contribution in [0.4, 0.5) is 13.2 Å². The van der Waals surface area contributed by atoms with E-state index < -0.39 is 17.0 Å². The number of imidazole rings is 1. The Kier molecular flexibility index (Phi) is 9.39. The number of nitrogens with two attached hydrogens (primary N) is 2. The normalized spacial score (nSPS) is 11.4. The van der Waals surface area contributed by atoms with Gasteiger partial charge in [-0.05, 0) is 48.0 Å². The minimum atomic E-state index is -0.679. The van der Waals surface area contributed by atoms with Crippen LogP contribution in [-0.4, -0.2) is 35.8 Å². The molecule has 4 rings (SSSR count). The summed E-state index contributed by atoms with van der Waals surface area (Å²) in [7, 11) is 1.41. The van der Waals surface area contributed by atoms with Gasteiger partial charge in [-0.25, -0.2) is 18.2 Å². The third kappa shape index (κ3) is 6.91. The summed E-state index contributed by atoms with van der Waals surface area (Å²) in [6, 6.07) is 13.4. The van der Waals surface area contributed by atoms with Crippen LogP contribution in [0.1, 0.15) is 30.7 Å². The average Bonchev–Trinajstić information content (AvgIpc) is 3.36. The highest BCUT2D eigenvalue weighted by Crippen LogP contribution is 2.39. The zero-order valence-electron chi connectivity index (χ0n) is 22.6. The molecule has 0 atom stereocenters. The van der Waals surface area contributed by atoms with E-state index in [1.165, 1.54) is 49.2 Å². The van der Waals surface area contributed by atoms with Crippen LogP contribution in [0, 0.1) is 17.5 Å². The molecule has 0 spiro atoms. The van der Waals surface area contributed by atoms with Gasteiger partial charge in [-0.1, -0.05) is 43.3 Å². The lowest BCUT2D eigenvalue weighted by molar-refractivity contribution is 0.327. The molecule has 41 heavy (non-hydrogen) atoms. The fourth-order valence-corrected chi connectivity index (χ4v) is 5.56. The summed E-state index contributed by atoms with van der Waals surface area (Å²) in [4.78, 5) is 8.44. The SMILES string of the molecule is COc1cc(C(C)(C)c2cnc(SCc3c(F)cc(OCCN=C(N)N)cc3Cl)n2-c2ccc(F)cc2)ccc1F. The molecule has 0 amide bonds. The minimum absolute atomic E-state index is 0.0619. The Morgan fingerprint density at radius 2 is 1.78 bits per heavy atom. The average molecular weight is 604 g/mol. The maximum absolute atomic E-state index is 15.1. The summed E-state index contributed by atoms with van der Waals surface area (Å²) >= 11 is 7.69. The molecule has 0 aliphatic carbocycles. The number of thioether (sulfide) groups is 1. The molecule has 7 nitrogen and oxygen atoms in total. The maximum atomic E-state index is 15.1. The standard InChI is InChI=1S/C29H29ClF3N5O2S/c1-29(2,17-4-9-23(32)25(12-17)39-3)26-15-37-28(38(26)19-7-5-18(31)6-8-19)41-16-21-22(30)13-20(14-24(21)33)40-11-10-36-27(34)35/h4-9,12-15H,10-11,16H2,1-3H3,(H4,34,35,36). The molecule has 3 aromatic carbocycles. The zero-order chi connectivity index (χ0) is 29.7. The van der Waals surface area contributed by atoms with Crippen molar-refractivity contribution in [2.75, 3.05) is 20.3 Å². The van der Waals surface area contributed by atoms with Crippen LogP contribution in [-0.2, 0) is 11.2 Å². The summed E-state index contributed by atoms with van der Waals surface area (Å²) < 4.78 is 55.6. The molecular formula is C29H29ClF3N5O2S. The number of benzene rings is 3. The topological polar surface area (TPSA) is 101 Å². The summed E-state index contributed by atoms with van der Waals surface area (Å²) in [6.07, 6.45) is 1.70. The largest absolute Gasteiger partial charge is 0.494 e. The molecule has 0 fully saturated rings. The number of rotatable bonds is 11. The molecule has 12 heteroatoms. The Morgan fingerprint density at radius 1 is 1.05 bits per heavy atom. The molecule has 4 N–H and O–H groups in total. The van der Waals surface area contributed by atoms with Crippen molar-refractivity contribution in [3.05, 3.63) is 100 Å². The number of guanidine groups is 1. The van der Waals surface area contributed by atoms with E-state index in [0.29, 0.717) is 10.8 Å². The number of ether oxygens (including phenoxy) is 2. The third-order valence-corrected chi connectivity index (χ3v) is 7.76. The van der Waals surface area contributed by atoms with Gasteiger partial charge in [0.2, 0.25) is 0 Å². The molecule has 0 radical (unpaired) electrons. The van der Waals surface area contributed by atoms with Crippen LogP contribution in [0.5, 0.6) is 11.5 Å². The van der Waals surface area contributed by atoms with Crippen LogP contribution in [0.2, 0.25) is 5.02 Å². The fourth-order valence-electron chi connectivity index (χ4n) is 4.19. The molecule has 4 aromatic rings. The number of nitrogens with zero attached hydrogens (tertiary/aromatic N) is 3. The van der Waals surface area contributed by atoms with Gasteiger partial charge < -0.3 is 20.9 Å². The number of hydrogen-bond donors (Lipinski definition) is 2. The lowest BCUT2D eigenvalue weighted by Crippen LogP contribution is -2.23. The number of aromatic nitrogens is 2. The molecule has 216 valence electrons. The van der Waals surface area contributed by atoms with Gasteiger partial charge in [0, 0.05) is 28.5 Å². The van der Waals surface area contributed by atoms with E-state index in [1.807, 2.05) is 18.4 Å². The Balaban J connectivity index is 1.66. The second-order valence-corrected chi connectivity index (χ2v) is 10.9. The molecule has 1 heterocycles. The van der Waals surface area contributed by atoms with Crippen molar-refractivity contribution in [3.8, 4) is 17.2 Å². The number of hydrogen-bond acceptors (Lipinski definition) is 5. The first-order valence-electron chi connectivity index (χ1n) is 12.5. The van der Waals surface area contributed by atoms with Crippen LogP contribution in [0.15, 0.2) is 70.9 Å². The maximum Gasteiger partial charge on any atom is 0.186 e. The van der Waals surface area contributed by atoms with E-state index in [0.717, 1.165) is 11.3 Å². The number of aliphatic imine (C=N–C) groups is 1. The summed E-state index contributed by atoms with van der Waals surface area (Å²) in [5.41, 5.74) is 12.4. The third-order valence-electron chi connectivity index (χ3n) is 6.44. The fraction of sp³-hybridized carbons (Fsp3) is 0.241.